The fourth-order valence-electron chi connectivity index (χ4n) is 18.2. The van der Waals surface area contributed by atoms with Gasteiger partial charge in [0.1, 0.15) is 23.0 Å². The van der Waals surface area contributed by atoms with Crippen LogP contribution in [0.15, 0.2) is 370 Å². The van der Waals surface area contributed by atoms with Crippen molar-refractivity contribution >= 4 is 97.1 Å². The van der Waals surface area contributed by atoms with Gasteiger partial charge >= 0.3 is 0 Å². The van der Waals surface area contributed by atoms with Crippen LogP contribution in [0.4, 0.5) is 0 Å². The van der Waals surface area contributed by atoms with Gasteiger partial charge in [0.05, 0.1) is 40.2 Å². The van der Waals surface area contributed by atoms with Crippen molar-refractivity contribution in [1.82, 2.24) is 15.0 Å². The molecule has 0 amide bonds. The average Bonchev–Trinajstić information content (AvgIpc) is 0.732. The molecule has 534 valence electrons. The van der Waals surface area contributed by atoms with Crippen molar-refractivity contribution in [1.29, 1.82) is 10.5 Å². The van der Waals surface area contributed by atoms with Gasteiger partial charge < -0.3 is 9.47 Å². The van der Waals surface area contributed by atoms with Crippen molar-refractivity contribution in [2.75, 3.05) is 0 Å². The summed E-state index contributed by atoms with van der Waals surface area (Å²) < 4.78 is 12.9. The van der Waals surface area contributed by atoms with Crippen LogP contribution in [-0.2, 0) is 0 Å². The van der Waals surface area contributed by atoms with Crippen molar-refractivity contribution in [2.45, 2.75) is 0 Å². The fraction of sp³-hybridized carbons (Fsp3) is 0. The van der Waals surface area contributed by atoms with Crippen LogP contribution >= 0.6 is 0 Å². The molecule has 0 fully saturated rings. The van der Waals surface area contributed by atoms with E-state index in [1.165, 1.54) is 104 Å². The van der Waals surface area contributed by atoms with Crippen molar-refractivity contribution in [3.8, 4) is 158 Å². The van der Waals surface area contributed by atoms with Crippen LogP contribution in [0.1, 0.15) is 11.1 Å². The number of aromatic nitrogens is 3. The van der Waals surface area contributed by atoms with Gasteiger partial charge in [0.25, 0.3) is 0 Å². The van der Waals surface area contributed by atoms with Crippen LogP contribution in [0, 0.1) is 22.7 Å². The molecule has 2 aliphatic rings. The summed E-state index contributed by atoms with van der Waals surface area (Å²) in [5, 5.41) is 39.4. The highest BCUT2D eigenvalue weighted by atomic mass is 16.5. The zero-order chi connectivity index (χ0) is 76.6. The number of rotatable bonds is 9. The number of hydrogen-bond donors (Lipinski definition) is 0. The van der Waals surface area contributed by atoms with Gasteiger partial charge in [-0.15, -0.1) is 0 Å². The monoisotopic (exact) mass is 1470 g/mol. The highest BCUT2D eigenvalue weighted by molar-refractivity contribution is 6.26. The molecule has 2 aliphatic heterocycles. The number of benzene rings is 19. The standard InChI is InChI=1S/C55H31N3O.C54H30N2O/c56-32-40-19-21-48-47-20-18-35(31-52(47)59-51-9-5-6-46(40)55(48)51)33-10-12-34(13-11-33)41-24-36-14-16-38-26-42(27-39-17-15-37(25-41)53(36)54(38)39)43-28-44(49-7-1-3-22-57-49)30-45(29-43)50-8-2-4-23-58-50;55-31-42-22-24-48-47-23-21-37(30-50(47)57-49-8-2-6-45(42)53(48)49)32-9-11-33(12-10-32)43-26-38-17-19-40-28-44(29-41-20-18-39(27-43)51(38)52(40)41)34-13-15-35(16-14-34)46-7-1-4-36-5-3-25-56-54(36)46/h1-31H;1-30H. The molecule has 0 N–H and O–H groups in total. The minimum absolute atomic E-state index is 0.657. The second-order valence-electron chi connectivity index (χ2n) is 30.3. The zero-order valence-corrected chi connectivity index (χ0v) is 62.3. The molecule has 0 radical (unpaired) electrons. The maximum absolute atomic E-state index is 9.68. The molecule has 7 nitrogen and oxygen atoms in total. The molecule has 3 aromatic heterocycles. The summed E-state index contributed by atoms with van der Waals surface area (Å²) in [7, 11) is 0. The normalized spacial score (nSPS) is 11.9. The Morgan fingerprint density at radius 1 is 0.198 bits per heavy atom. The molecule has 5 heterocycles. The van der Waals surface area contributed by atoms with Crippen molar-refractivity contribution in [3.63, 3.8) is 0 Å². The Morgan fingerprint density at radius 3 is 0.931 bits per heavy atom. The third kappa shape index (κ3) is 10.9. The summed E-state index contributed by atoms with van der Waals surface area (Å²) in [5.41, 5.74) is 26.8. The van der Waals surface area contributed by atoms with E-state index in [0.29, 0.717) is 11.1 Å². The van der Waals surface area contributed by atoms with Crippen molar-refractivity contribution < 1.29 is 9.47 Å². The van der Waals surface area contributed by atoms with E-state index in [4.69, 9.17) is 9.47 Å². The third-order valence-corrected chi connectivity index (χ3v) is 23.7. The van der Waals surface area contributed by atoms with Gasteiger partial charge in [0.2, 0.25) is 0 Å². The smallest absolute Gasteiger partial charge is 0.135 e. The van der Waals surface area contributed by atoms with E-state index in [9.17, 15) is 10.5 Å². The van der Waals surface area contributed by atoms with E-state index in [-0.39, 0.29) is 0 Å². The first-order chi connectivity index (χ1) is 57.3. The van der Waals surface area contributed by atoms with E-state index in [1.807, 2.05) is 110 Å². The molecule has 19 aromatic carbocycles. The molecule has 0 saturated heterocycles. The molecular weight excluding hydrogens is 1410 g/mol. The third-order valence-electron chi connectivity index (χ3n) is 23.7. The predicted octanol–water partition coefficient (Wildman–Crippen LogP) is 29.1. The largest absolute Gasteiger partial charge is 0.456 e. The Hall–Kier alpha value is -15.9. The van der Waals surface area contributed by atoms with Crippen LogP contribution in [0.3, 0.4) is 0 Å². The SMILES string of the molecule is N#Cc1ccc2c3c(cccc13)Oc1cc(-c3ccc(-c4cc5ccc6cc(-c7cc(-c8ccccn8)cc(-c8ccccn8)c7)cc7ccc(c4)c5c67)cc3)ccc1-2.N#Cc1ccc2c3c(cccc13)Oc1cc(-c3ccc(-c4cc5ccc6cc(-c7ccc(-c8cccc9cccnc89)cc7)cc7ccc(c4)c5c67)cc3)ccc1-2. The molecule has 0 unspecified atom stereocenters. The lowest BCUT2D eigenvalue weighted by atomic mass is 9.88. The van der Waals surface area contributed by atoms with Gasteiger partial charge in [-0.3, -0.25) is 15.0 Å². The van der Waals surface area contributed by atoms with Crippen LogP contribution in [0.2, 0.25) is 0 Å². The van der Waals surface area contributed by atoms with Gasteiger partial charge in [-0.1, -0.05) is 206 Å². The summed E-state index contributed by atoms with van der Waals surface area (Å²) in [6, 6.07) is 130. The second-order valence-corrected chi connectivity index (χ2v) is 30.3. The first-order valence-electron chi connectivity index (χ1n) is 39.0. The number of ether oxygens (including phenoxy) is 2. The molecule has 0 aliphatic carbocycles. The van der Waals surface area contributed by atoms with Crippen molar-refractivity contribution in [2.24, 2.45) is 0 Å². The minimum Gasteiger partial charge on any atom is -0.456 e. The van der Waals surface area contributed by atoms with E-state index < -0.39 is 0 Å². The Kier molecular flexibility index (Phi) is 15.0. The summed E-state index contributed by atoms with van der Waals surface area (Å²) in [4.78, 5) is 14.0. The maximum Gasteiger partial charge on any atom is 0.135 e. The lowest BCUT2D eigenvalue weighted by Gasteiger charge is -2.22. The highest BCUT2D eigenvalue weighted by Gasteiger charge is 2.26. The maximum atomic E-state index is 9.68. The molecule has 116 heavy (non-hydrogen) atoms. The molecule has 22 aromatic rings. The van der Waals surface area contributed by atoms with E-state index in [2.05, 4.69) is 288 Å². The number of nitriles is 2. The van der Waals surface area contributed by atoms with Crippen LogP contribution in [0.5, 0.6) is 23.0 Å². The lowest BCUT2D eigenvalue weighted by molar-refractivity contribution is 0.487. The van der Waals surface area contributed by atoms with Gasteiger partial charge in [-0.2, -0.15) is 10.5 Å². The van der Waals surface area contributed by atoms with Crippen LogP contribution in [-0.4, -0.2) is 15.0 Å². The van der Waals surface area contributed by atoms with Crippen molar-refractivity contribution in [3.05, 3.63) is 382 Å². The Bertz CT molecular complexity index is 7750. The van der Waals surface area contributed by atoms with Crippen LogP contribution in [0.25, 0.3) is 220 Å². The first kappa shape index (κ1) is 65.9. The van der Waals surface area contributed by atoms with E-state index >= 15 is 0 Å². The Balaban J connectivity index is 0.000000137. The van der Waals surface area contributed by atoms with Gasteiger partial charge in [0, 0.05) is 73.3 Å². The first-order valence-corrected chi connectivity index (χ1v) is 39.0. The zero-order valence-electron chi connectivity index (χ0n) is 62.3. The van der Waals surface area contributed by atoms with Gasteiger partial charge in [0.15, 0.2) is 0 Å². The fourth-order valence-corrected chi connectivity index (χ4v) is 18.2. The van der Waals surface area contributed by atoms with E-state index in [1.54, 1.807) is 0 Å². The number of pyridine rings is 3. The molecule has 7 heteroatoms. The predicted molar refractivity (Wildman–Crippen MR) is 476 cm³/mol. The number of hydrogen-bond acceptors (Lipinski definition) is 7. The molecule has 0 saturated carbocycles. The molecular formula is C109H61N5O2. The number of nitrogens with zero attached hydrogens (tertiary/aromatic N) is 5. The summed E-state index contributed by atoms with van der Waals surface area (Å²) in [5.74, 6) is 3.22. The van der Waals surface area contributed by atoms with Gasteiger partial charge in [-0.05, 0) is 294 Å². The lowest BCUT2D eigenvalue weighted by Crippen LogP contribution is -1.98. The summed E-state index contributed by atoms with van der Waals surface area (Å²) >= 11 is 0. The topological polar surface area (TPSA) is 105 Å². The Morgan fingerprint density at radius 2 is 0.534 bits per heavy atom. The van der Waals surface area contributed by atoms with Crippen LogP contribution < -0.4 is 9.47 Å². The highest BCUT2D eigenvalue weighted by Crippen LogP contribution is 2.52. The molecule has 24 rings (SSSR count). The minimum atomic E-state index is 0.657. The summed E-state index contributed by atoms with van der Waals surface area (Å²) in [6.07, 6.45) is 5.55. The summed E-state index contributed by atoms with van der Waals surface area (Å²) in [6.45, 7) is 0. The average molecular weight is 1470 g/mol. The Labute approximate surface area is 667 Å². The molecule has 0 atom stereocenters. The van der Waals surface area contributed by atoms with E-state index in [0.717, 1.165) is 139 Å². The molecule has 0 spiro atoms. The second kappa shape index (κ2) is 26.4. The molecule has 0 bridgehead atoms. The quantitative estimate of drug-likeness (QED) is 0.133. The number of fused-ring (bicyclic) bond motifs is 5. The van der Waals surface area contributed by atoms with Gasteiger partial charge in [-0.25, -0.2) is 0 Å². The number of para-hydroxylation sites is 1.